The highest BCUT2D eigenvalue weighted by Gasteiger charge is 2.13. The summed E-state index contributed by atoms with van der Waals surface area (Å²) >= 11 is 1.63. The van der Waals surface area contributed by atoms with Crippen LogP contribution in [0.25, 0.3) is 0 Å². The van der Waals surface area contributed by atoms with E-state index in [0.29, 0.717) is 6.42 Å². The van der Waals surface area contributed by atoms with Crippen LogP contribution in [0.4, 0.5) is 5.69 Å². The average molecular weight is 194 g/mol. The highest BCUT2D eigenvalue weighted by atomic mass is 32.2. The van der Waals surface area contributed by atoms with Crippen molar-refractivity contribution in [1.29, 1.82) is 0 Å². The molecule has 1 aromatic rings. The normalized spacial score (nSPS) is 15.9. The van der Waals surface area contributed by atoms with Gasteiger partial charge < -0.3 is 5.32 Å². The van der Waals surface area contributed by atoms with Gasteiger partial charge in [0.25, 0.3) is 0 Å². The second-order valence-electron chi connectivity index (χ2n) is 3.01. The first-order valence-electron chi connectivity index (χ1n) is 4.15. The zero-order chi connectivity index (χ0) is 9.26. The molecule has 1 N–H and O–H groups in total. The Morgan fingerprint density at radius 2 is 2.46 bits per heavy atom. The van der Waals surface area contributed by atoms with Crippen molar-refractivity contribution in [2.24, 2.45) is 0 Å². The van der Waals surface area contributed by atoms with Crippen molar-refractivity contribution in [2.45, 2.75) is 18.4 Å². The molecular formula is C9H10N2OS. The lowest BCUT2D eigenvalue weighted by Gasteiger charge is -2.04. The third kappa shape index (κ3) is 1.83. The van der Waals surface area contributed by atoms with Crippen LogP contribution in [0.5, 0.6) is 0 Å². The molecule has 1 amide bonds. The Bertz CT molecular complexity index is 351. The van der Waals surface area contributed by atoms with Crippen LogP contribution in [0.3, 0.4) is 0 Å². The number of thioether (sulfide) groups is 1. The summed E-state index contributed by atoms with van der Waals surface area (Å²) in [4.78, 5) is 15.5. The third-order valence-electron chi connectivity index (χ3n) is 1.83. The summed E-state index contributed by atoms with van der Waals surface area (Å²) in [6.07, 6.45) is 2.39. The van der Waals surface area contributed by atoms with Crippen LogP contribution < -0.4 is 5.32 Å². The molecule has 0 saturated heterocycles. The molecular weight excluding hydrogens is 184 g/mol. The standard InChI is InChI=1S/C9H10N2OS/c1-6-4-7-9(10-5-6)13-3-2-8(12)11-7/h4-5H,2-3H2,1H3,(H,11,12). The van der Waals surface area contributed by atoms with Crippen LogP contribution in [0.2, 0.25) is 0 Å². The molecule has 0 saturated carbocycles. The molecule has 1 aromatic heterocycles. The third-order valence-corrected chi connectivity index (χ3v) is 2.84. The summed E-state index contributed by atoms with van der Waals surface area (Å²) < 4.78 is 0. The minimum Gasteiger partial charge on any atom is -0.324 e. The van der Waals surface area contributed by atoms with Crippen molar-refractivity contribution in [3.8, 4) is 0 Å². The molecule has 2 rings (SSSR count). The molecule has 0 atom stereocenters. The van der Waals surface area contributed by atoms with Gasteiger partial charge >= 0.3 is 0 Å². The average Bonchev–Trinajstić information content (AvgIpc) is 2.25. The summed E-state index contributed by atoms with van der Waals surface area (Å²) in [5, 5.41) is 3.77. The molecule has 0 aliphatic carbocycles. The Morgan fingerprint density at radius 3 is 3.31 bits per heavy atom. The van der Waals surface area contributed by atoms with E-state index in [4.69, 9.17) is 0 Å². The van der Waals surface area contributed by atoms with Crippen LogP contribution >= 0.6 is 11.8 Å². The maximum Gasteiger partial charge on any atom is 0.225 e. The van der Waals surface area contributed by atoms with E-state index in [0.717, 1.165) is 22.0 Å². The summed E-state index contributed by atoms with van der Waals surface area (Å²) in [6.45, 7) is 1.97. The number of hydrogen-bond acceptors (Lipinski definition) is 3. The highest BCUT2D eigenvalue weighted by Crippen LogP contribution is 2.28. The van der Waals surface area contributed by atoms with E-state index in [1.807, 2.05) is 19.2 Å². The molecule has 2 heterocycles. The predicted molar refractivity (Wildman–Crippen MR) is 52.9 cm³/mol. The zero-order valence-corrected chi connectivity index (χ0v) is 8.15. The van der Waals surface area contributed by atoms with E-state index in [1.54, 1.807) is 11.8 Å². The molecule has 0 aromatic carbocycles. The lowest BCUT2D eigenvalue weighted by molar-refractivity contribution is -0.115. The number of carbonyl (C=O) groups excluding carboxylic acids is 1. The van der Waals surface area contributed by atoms with E-state index in [9.17, 15) is 4.79 Å². The minimum atomic E-state index is 0.0821. The van der Waals surface area contributed by atoms with Crippen LogP contribution in [0.15, 0.2) is 17.3 Å². The van der Waals surface area contributed by atoms with Crippen LogP contribution in [0.1, 0.15) is 12.0 Å². The number of hydrogen-bond donors (Lipinski definition) is 1. The van der Waals surface area contributed by atoms with Crippen LogP contribution in [-0.4, -0.2) is 16.6 Å². The van der Waals surface area contributed by atoms with Gasteiger partial charge in [-0.3, -0.25) is 4.79 Å². The zero-order valence-electron chi connectivity index (χ0n) is 7.33. The minimum absolute atomic E-state index is 0.0821. The SMILES string of the molecule is Cc1cnc2c(c1)NC(=O)CCS2. The van der Waals surface area contributed by atoms with Gasteiger partial charge in [0, 0.05) is 18.4 Å². The molecule has 0 bridgehead atoms. The van der Waals surface area contributed by atoms with Crippen LogP contribution in [0, 0.1) is 6.92 Å². The summed E-state index contributed by atoms with van der Waals surface area (Å²) in [5.41, 5.74) is 1.93. The first-order chi connectivity index (χ1) is 6.25. The monoisotopic (exact) mass is 194 g/mol. The summed E-state index contributed by atoms with van der Waals surface area (Å²) in [5.74, 6) is 0.896. The topological polar surface area (TPSA) is 42.0 Å². The predicted octanol–water partition coefficient (Wildman–Crippen LogP) is 1.82. The molecule has 1 aliphatic rings. The van der Waals surface area contributed by atoms with Crippen molar-refractivity contribution in [3.63, 3.8) is 0 Å². The number of carbonyl (C=O) groups is 1. The van der Waals surface area contributed by atoms with Gasteiger partial charge in [-0.15, -0.1) is 11.8 Å². The van der Waals surface area contributed by atoms with Gasteiger partial charge in [-0.1, -0.05) is 0 Å². The van der Waals surface area contributed by atoms with Crippen molar-refractivity contribution < 1.29 is 4.79 Å². The van der Waals surface area contributed by atoms with Crippen molar-refractivity contribution in [3.05, 3.63) is 17.8 Å². The Labute approximate surface area is 80.9 Å². The van der Waals surface area contributed by atoms with Gasteiger partial charge in [-0.25, -0.2) is 4.98 Å². The number of aromatic nitrogens is 1. The second-order valence-corrected chi connectivity index (χ2v) is 4.10. The Morgan fingerprint density at radius 1 is 1.62 bits per heavy atom. The number of nitrogens with zero attached hydrogens (tertiary/aromatic N) is 1. The molecule has 0 spiro atoms. The maximum atomic E-state index is 11.2. The number of anilines is 1. The summed E-state index contributed by atoms with van der Waals surface area (Å²) in [7, 11) is 0. The van der Waals surface area contributed by atoms with Gasteiger partial charge in [0.1, 0.15) is 5.03 Å². The lowest BCUT2D eigenvalue weighted by Crippen LogP contribution is -2.10. The molecule has 0 unspecified atom stereocenters. The van der Waals surface area contributed by atoms with Gasteiger partial charge in [0.2, 0.25) is 5.91 Å². The molecule has 4 heteroatoms. The maximum absolute atomic E-state index is 11.2. The number of fused-ring (bicyclic) bond motifs is 1. The van der Waals surface area contributed by atoms with Gasteiger partial charge in [-0.2, -0.15) is 0 Å². The second kappa shape index (κ2) is 3.38. The largest absolute Gasteiger partial charge is 0.324 e. The Kier molecular flexibility index (Phi) is 2.22. The number of amides is 1. The first-order valence-corrected chi connectivity index (χ1v) is 5.13. The molecule has 3 nitrogen and oxygen atoms in total. The summed E-state index contributed by atoms with van der Waals surface area (Å²) in [6, 6.07) is 1.96. The van der Waals surface area contributed by atoms with E-state index in [1.165, 1.54) is 0 Å². The quantitative estimate of drug-likeness (QED) is 0.685. The Hall–Kier alpha value is -1.03. The van der Waals surface area contributed by atoms with Gasteiger partial charge in [0.05, 0.1) is 5.69 Å². The van der Waals surface area contributed by atoms with E-state index >= 15 is 0 Å². The smallest absolute Gasteiger partial charge is 0.225 e. The molecule has 1 aliphatic heterocycles. The number of nitrogens with one attached hydrogen (secondary N) is 1. The van der Waals surface area contributed by atoms with Crippen molar-refractivity contribution in [1.82, 2.24) is 4.98 Å². The number of rotatable bonds is 0. The van der Waals surface area contributed by atoms with E-state index in [-0.39, 0.29) is 5.91 Å². The fourth-order valence-electron chi connectivity index (χ4n) is 1.21. The van der Waals surface area contributed by atoms with E-state index in [2.05, 4.69) is 10.3 Å². The Balaban J connectivity index is 2.40. The lowest BCUT2D eigenvalue weighted by atomic mass is 10.3. The molecule has 0 fully saturated rings. The van der Waals surface area contributed by atoms with E-state index < -0.39 is 0 Å². The highest BCUT2D eigenvalue weighted by molar-refractivity contribution is 7.99. The number of aryl methyl sites for hydroxylation is 1. The fourth-order valence-corrected chi connectivity index (χ4v) is 2.09. The van der Waals surface area contributed by atoms with Crippen molar-refractivity contribution >= 4 is 23.4 Å². The van der Waals surface area contributed by atoms with Gasteiger partial charge in [0.15, 0.2) is 0 Å². The number of pyridine rings is 1. The first kappa shape index (κ1) is 8.56. The van der Waals surface area contributed by atoms with Crippen LogP contribution in [-0.2, 0) is 4.79 Å². The van der Waals surface area contributed by atoms with Gasteiger partial charge in [-0.05, 0) is 18.6 Å². The molecule has 13 heavy (non-hydrogen) atoms. The molecule has 68 valence electrons. The fraction of sp³-hybridized carbons (Fsp3) is 0.333. The molecule has 0 radical (unpaired) electrons. The van der Waals surface area contributed by atoms with Crippen molar-refractivity contribution in [2.75, 3.05) is 11.1 Å².